The molecule has 5 heteroatoms. The normalized spacial score (nSPS) is 12.3. The number of rotatable bonds is 7. The molecule has 0 saturated heterocycles. The number of hydrogen-bond donors (Lipinski definition) is 3. The van der Waals surface area contributed by atoms with Gasteiger partial charge in [-0.15, -0.1) is 24.0 Å². The maximum atomic E-state index is 10.2. The van der Waals surface area contributed by atoms with Crippen molar-refractivity contribution in [1.29, 1.82) is 0 Å². The summed E-state index contributed by atoms with van der Waals surface area (Å²) in [6.07, 6.45) is 1.47. The number of nitrogens with one attached hydrogen (secondary N) is 2. The molecule has 0 spiro atoms. The molecule has 0 fully saturated rings. The van der Waals surface area contributed by atoms with Crippen molar-refractivity contribution in [3.63, 3.8) is 0 Å². The predicted octanol–water partition coefficient (Wildman–Crippen LogP) is 2.37. The quantitative estimate of drug-likeness (QED) is 0.366. The fourth-order valence-electron chi connectivity index (χ4n) is 1.34. The van der Waals surface area contributed by atoms with Crippen molar-refractivity contribution in [2.24, 2.45) is 10.9 Å². The minimum atomic E-state index is -0.666. The minimum Gasteiger partial charge on any atom is -0.388 e. The summed E-state index contributed by atoms with van der Waals surface area (Å²) in [7, 11) is 0. The molecule has 0 aromatic heterocycles. The fourth-order valence-corrected chi connectivity index (χ4v) is 1.34. The molecule has 3 N–H and O–H groups in total. The van der Waals surface area contributed by atoms with Gasteiger partial charge in [0.1, 0.15) is 0 Å². The maximum absolute atomic E-state index is 10.2. The minimum absolute atomic E-state index is 0. The van der Waals surface area contributed by atoms with E-state index < -0.39 is 5.60 Å². The van der Waals surface area contributed by atoms with E-state index in [1.54, 1.807) is 0 Å². The van der Waals surface area contributed by atoms with Crippen LogP contribution < -0.4 is 10.6 Å². The monoisotopic (exact) mass is 371 g/mol. The van der Waals surface area contributed by atoms with Gasteiger partial charge in [-0.25, -0.2) is 0 Å². The van der Waals surface area contributed by atoms with Crippen molar-refractivity contribution in [3.05, 3.63) is 0 Å². The van der Waals surface area contributed by atoms with Gasteiger partial charge in [-0.1, -0.05) is 27.7 Å². The molecule has 0 saturated carbocycles. The Labute approximate surface area is 129 Å². The van der Waals surface area contributed by atoms with Crippen LogP contribution in [0.15, 0.2) is 4.99 Å². The Hall–Kier alpha value is -0.0400. The van der Waals surface area contributed by atoms with Crippen LogP contribution in [0.1, 0.15) is 47.5 Å². The van der Waals surface area contributed by atoms with Gasteiger partial charge < -0.3 is 15.7 Å². The summed E-state index contributed by atoms with van der Waals surface area (Å²) in [5.74, 6) is 1.37. The molecule has 18 heavy (non-hydrogen) atoms. The first-order valence-electron chi connectivity index (χ1n) is 6.72. The molecule has 0 rings (SSSR count). The van der Waals surface area contributed by atoms with Crippen molar-refractivity contribution >= 4 is 29.9 Å². The van der Waals surface area contributed by atoms with Crippen molar-refractivity contribution in [2.75, 3.05) is 19.6 Å². The summed E-state index contributed by atoms with van der Waals surface area (Å²) < 4.78 is 0. The lowest BCUT2D eigenvalue weighted by Crippen LogP contribution is -2.41. The van der Waals surface area contributed by atoms with E-state index in [0.29, 0.717) is 12.5 Å². The molecule has 0 radical (unpaired) electrons. The van der Waals surface area contributed by atoms with Crippen LogP contribution in [0.5, 0.6) is 0 Å². The van der Waals surface area contributed by atoms with Gasteiger partial charge in [-0.2, -0.15) is 0 Å². The predicted molar refractivity (Wildman–Crippen MR) is 89.8 cm³/mol. The Morgan fingerprint density at radius 1 is 1.17 bits per heavy atom. The van der Waals surface area contributed by atoms with Gasteiger partial charge in [-0.05, 0) is 25.7 Å². The largest absolute Gasteiger partial charge is 0.388 e. The summed E-state index contributed by atoms with van der Waals surface area (Å²) in [5.41, 5.74) is -0.666. The van der Waals surface area contributed by atoms with Gasteiger partial charge in [0, 0.05) is 13.1 Å². The van der Waals surface area contributed by atoms with Crippen LogP contribution in [-0.2, 0) is 0 Å². The molecule has 0 heterocycles. The van der Waals surface area contributed by atoms with Gasteiger partial charge in [0.05, 0.1) is 12.1 Å². The van der Waals surface area contributed by atoms with Crippen LogP contribution >= 0.6 is 24.0 Å². The molecule has 0 bridgehead atoms. The number of halogens is 1. The van der Waals surface area contributed by atoms with E-state index >= 15 is 0 Å². The Bertz CT molecular complexity index is 228. The summed E-state index contributed by atoms with van der Waals surface area (Å²) in [6.45, 7) is 12.5. The van der Waals surface area contributed by atoms with E-state index in [1.807, 2.05) is 20.8 Å². The third-order valence-corrected chi connectivity index (χ3v) is 2.87. The van der Waals surface area contributed by atoms with E-state index in [-0.39, 0.29) is 24.0 Å². The van der Waals surface area contributed by atoms with Gasteiger partial charge >= 0.3 is 0 Å². The smallest absolute Gasteiger partial charge is 0.191 e. The molecule has 0 aliphatic heterocycles. The van der Waals surface area contributed by atoms with Crippen LogP contribution in [0.3, 0.4) is 0 Å². The van der Waals surface area contributed by atoms with Gasteiger partial charge in [0.15, 0.2) is 5.96 Å². The SMILES string of the molecule is CCNC(=NCC(O)(CC)CC)NCC(C)C.I. The Morgan fingerprint density at radius 2 is 1.72 bits per heavy atom. The molecule has 0 atom stereocenters. The number of aliphatic hydroxyl groups is 1. The summed E-state index contributed by atoms with van der Waals surface area (Å²) >= 11 is 0. The highest BCUT2D eigenvalue weighted by molar-refractivity contribution is 14.0. The molecule has 0 aliphatic carbocycles. The van der Waals surface area contributed by atoms with E-state index in [0.717, 1.165) is 31.9 Å². The molecule has 0 aromatic carbocycles. The lowest BCUT2D eigenvalue weighted by molar-refractivity contribution is 0.0418. The second-order valence-electron chi connectivity index (χ2n) is 4.90. The number of nitrogens with zero attached hydrogens (tertiary/aromatic N) is 1. The third-order valence-electron chi connectivity index (χ3n) is 2.87. The van der Waals surface area contributed by atoms with Crippen LogP contribution in [0, 0.1) is 5.92 Å². The van der Waals surface area contributed by atoms with E-state index in [2.05, 4.69) is 29.5 Å². The molecule has 0 amide bonds. The van der Waals surface area contributed by atoms with Crippen LogP contribution in [0.4, 0.5) is 0 Å². The fraction of sp³-hybridized carbons (Fsp3) is 0.923. The molecule has 0 aromatic rings. The lowest BCUT2D eigenvalue weighted by atomic mass is 9.98. The molecular weight excluding hydrogens is 341 g/mol. The summed E-state index contributed by atoms with van der Waals surface area (Å²) in [4.78, 5) is 4.44. The lowest BCUT2D eigenvalue weighted by Gasteiger charge is -2.23. The van der Waals surface area contributed by atoms with E-state index in [1.165, 1.54) is 0 Å². The number of guanidine groups is 1. The standard InChI is InChI=1S/C13H29N3O.HI/c1-6-13(17,7-2)10-16-12(14-8-3)15-9-11(4)5;/h11,17H,6-10H2,1-5H3,(H2,14,15,16);1H. The molecule has 110 valence electrons. The van der Waals surface area contributed by atoms with E-state index in [9.17, 15) is 5.11 Å². The Kier molecular flexibility index (Phi) is 12.2. The molecule has 0 aliphatic rings. The Morgan fingerprint density at radius 3 is 2.11 bits per heavy atom. The summed E-state index contributed by atoms with van der Waals surface area (Å²) in [6, 6.07) is 0. The Balaban J connectivity index is 0. The maximum Gasteiger partial charge on any atom is 0.191 e. The molecule has 4 nitrogen and oxygen atoms in total. The average Bonchev–Trinajstić information content (AvgIpc) is 2.32. The average molecular weight is 371 g/mol. The number of aliphatic imine (C=N–C) groups is 1. The van der Waals surface area contributed by atoms with Crippen molar-refractivity contribution in [3.8, 4) is 0 Å². The number of hydrogen-bond acceptors (Lipinski definition) is 2. The van der Waals surface area contributed by atoms with Gasteiger partial charge in [0.25, 0.3) is 0 Å². The second-order valence-corrected chi connectivity index (χ2v) is 4.90. The van der Waals surface area contributed by atoms with Gasteiger partial charge in [0.2, 0.25) is 0 Å². The zero-order chi connectivity index (χ0) is 13.3. The van der Waals surface area contributed by atoms with Gasteiger partial charge in [-0.3, -0.25) is 4.99 Å². The first kappa shape index (κ1) is 20.3. The van der Waals surface area contributed by atoms with Crippen molar-refractivity contribution < 1.29 is 5.11 Å². The first-order valence-corrected chi connectivity index (χ1v) is 6.72. The topological polar surface area (TPSA) is 56.7 Å². The van der Waals surface area contributed by atoms with Crippen LogP contribution in [0.25, 0.3) is 0 Å². The molecular formula is C13H30IN3O. The second kappa shape index (κ2) is 10.8. The highest BCUT2D eigenvalue weighted by atomic mass is 127. The highest BCUT2D eigenvalue weighted by Gasteiger charge is 2.21. The van der Waals surface area contributed by atoms with Crippen molar-refractivity contribution in [1.82, 2.24) is 10.6 Å². The zero-order valence-electron chi connectivity index (χ0n) is 12.4. The van der Waals surface area contributed by atoms with Crippen LogP contribution in [-0.4, -0.2) is 36.3 Å². The third kappa shape index (κ3) is 8.97. The van der Waals surface area contributed by atoms with Crippen molar-refractivity contribution in [2.45, 2.75) is 53.1 Å². The summed E-state index contributed by atoms with van der Waals surface area (Å²) in [5, 5.41) is 16.6. The van der Waals surface area contributed by atoms with Crippen LogP contribution in [0.2, 0.25) is 0 Å². The first-order chi connectivity index (χ1) is 7.97. The van der Waals surface area contributed by atoms with E-state index in [4.69, 9.17) is 0 Å². The zero-order valence-corrected chi connectivity index (χ0v) is 14.7. The molecule has 0 unspecified atom stereocenters. The highest BCUT2D eigenvalue weighted by Crippen LogP contribution is 2.14.